The Labute approximate surface area is 165 Å². The van der Waals surface area contributed by atoms with Gasteiger partial charge in [-0.25, -0.2) is 10.3 Å². The molecule has 1 saturated heterocycles. The van der Waals surface area contributed by atoms with Gasteiger partial charge in [0.25, 0.3) is 5.91 Å². The molecule has 2 rings (SSSR count). The zero-order chi connectivity index (χ0) is 20.5. The minimum Gasteiger partial charge on any atom is -0.324 e. The van der Waals surface area contributed by atoms with Crippen LogP contribution in [0.4, 0.5) is 10.5 Å². The lowest BCUT2D eigenvalue weighted by molar-refractivity contribution is -0.129. The average molecular weight is 390 g/mol. The highest BCUT2D eigenvalue weighted by molar-refractivity contribution is 5.97. The maximum absolute atomic E-state index is 13.1. The summed E-state index contributed by atoms with van der Waals surface area (Å²) in [5.74, 6) is -0.395. The van der Waals surface area contributed by atoms with Crippen LogP contribution < -0.4 is 10.8 Å². The van der Waals surface area contributed by atoms with Crippen LogP contribution in [0.3, 0.4) is 0 Å². The van der Waals surface area contributed by atoms with E-state index in [0.717, 1.165) is 19.3 Å². The van der Waals surface area contributed by atoms with Gasteiger partial charge in [-0.3, -0.25) is 14.8 Å². The van der Waals surface area contributed by atoms with E-state index in [1.165, 1.54) is 9.80 Å². The van der Waals surface area contributed by atoms with E-state index < -0.39 is 11.9 Å². The standard InChI is InChI=1S/C20H30N4O4/c1-15(2)8-6-12-23(14-18(25)22-28)20(27)24-13-7-11-17(24)19(26)21-16-9-4-3-5-10-16/h3-5,9-10,15,17,28H,6-8,11-14H2,1-2H3,(H,21,26)(H,22,25)/t17-/m0/s1. The Bertz CT molecular complexity index is 665. The summed E-state index contributed by atoms with van der Waals surface area (Å²) in [5.41, 5.74) is 2.26. The third-order valence-electron chi connectivity index (χ3n) is 4.78. The maximum Gasteiger partial charge on any atom is 0.321 e. The lowest BCUT2D eigenvalue weighted by atomic mass is 10.1. The van der Waals surface area contributed by atoms with Crippen molar-refractivity contribution in [1.82, 2.24) is 15.3 Å². The van der Waals surface area contributed by atoms with Crippen molar-refractivity contribution >= 4 is 23.5 Å². The number of nitrogens with zero attached hydrogens (tertiary/aromatic N) is 2. The molecule has 0 radical (unpaired) electrons. The van der Waals surface area contributed by atoms with E-state index in [0.29, 0.717) is 31.1 Å². The highest BCUT2D eigenvalue weighted by atomic mass is 16.5. The highest BCUT2D eigenvalue weighted by Crippen LogP contribution is 2.21. The molecule has 28 heavy (non-hydrogen) atoms. The first-order valence-electron chi connectivity index (χ1n) is 9.76. The molecule has 154 valence electrons. The summed E-state index contributed by atoms with van der Waals surface area (Å²) in [6, 6.07) is 8.19. The molecule has 0 aliphatic carbocycles. The molecule has 1 heterocycles. The molecule has 8 nitrogen and oxygen atoms in total. The zero-order valence-corrected chi connectivity index (χ0v) is 16.6. The van der Waals surface area contributed by atoms with Gasteiger partial charge in [-0.05, 0) is 43.7 Å². The van der Waals surface area contributed by atoms with Gasteiger partial charge in [-0.2, -0.15) is 0 Å². The number of benzene rings is 1. The lowest BCUT2D eigenvalue weighted by Crippen LogP contribution is -2.51. The molecule has 1 fully saturated rings. The molecule has 0 aromatic heterocycles. The zero-order valence-electron chi connectivity index (χ0n) is 16.6. The SMILES string of the molecule is CC(C)CCCN(CC(=O)NO)C(=O)N1CCC[C@H]1C(=O)Nc1ccccc1. The van der Waals surface area contributed by atoms with Crippen molar-refractivity contribution < 1.29 is 19.6 Å². The van der Waals surface area contributed by atoms with Crippen molar-refractivity contribution in [2.24, 2.45) is 5.92 Å². The first-order valence-corrected chi connectivity index (χ1v) is 9.76. The fourth-order valence-electron chi connectivity index (χ4n) is 3.34. The summed E-state index contributed by atoms with van der Waals surface area (Å²) in [7, 11) is 0. The monoisotopic (exact) mass is 390 g/mol. The number of urea groups is 1. The topological polar surface area (TPSA) is 102 Å². The van der Waals surface area contributed by atoms with Gasteiger partial charge in [0.15, 0.2) is 0 Å². The number of amides is 4. The number of hydrogen-bond acceptors (Lipinski definition) is 4. The second kappa shape index (κ2) is 10.7. The van der Waals surface area contributed by atoms with Gasteiger partial charge in [0, 0.05) is 18.8 Å². The summed E-state index contributed by atoms with van der Waals surface area (Å²) >= 11 is 0. The first-order chi connectivity index (χ1) is 13.4. The van der Waals surface area contributed by atoms with Gasteiger partial charge in [0.05, 0.1) is 0 Å². The summed E-state index contributed by atoms with van der Waals surface area (Å²) in [4.78, 5) is 40.3. The summed E-state index contributed by atoms with van der Waals surface area (Å²) in [6.45, 7) is 4.81. The smallest absolute Gasteiger partial charge is 0.321 e. The van der Waals surface area contributed by atoms with Gasteiger partial charge in [0.1, 0.15) is 12.6 Å². The van der Waals surface area contributed by atoms with E-state index in [1.54, 1.807) is 17.6 Å². The Hall–Kier alpha value is -2.61. The number of likely N-dealkylation sites (tertiary alicyclic amines) is 1. The number of nitrogens with one attached hydrogen (secondary N) is 2. The van der Waals surface area contributed by atoms with Crippen LogP contribution in [-0.4, -0.2) is 58.5 Å². The van der Waals surface area contributed by atoms with Crippen LogP contribution in [0.5, 0.6) is 0 Å². The molecule has 1 aromatic carbocycles. The van der Waals surface area contributed by atoms with Gasteiger partial charge >= 0.3 is 6.03 Å². The number of para-hydroxylation sites is 1. The lowest BCUT2D eigenvalue weighted by Gasteiger charge is -2.31. The van der Waals surface area contributed by atoms with Gasteiger partial charge in [0.2, 0.25) is 5.91 Å². The van der Waals surface area contributed by atoms with Gasteiger partial charge in [-0.15, -0.1) is 0 Å². The Morgan fingerprint density at radius 2 is 1.96 bits per heavy atom. The normalized spacial score (nSPS) is 16.1. The number of carbonyl (C=O) groups is 3. The van der Waals surface area contributed by atoms with E-state index in [1.807, 2.05) is 18.2 Å². The predicted molar refractivity (Wildman–Crippen MR) is 106 cm³/mol. The largest absolute Gasteiger partial charge is 0.324 e. The number of anilines is 1. The van der Waals surface area contributed by atoms with Crippen molar-refractivity contribution in [2.45, 2.75) is 45.6 Å². The van der Waals surface area contributed by atoms with E-state index in [9.17, 15) is 14.4 Å². The van der Waals surface area contributed by atoms with Crippen LogP contribution in [0.15, 0.2) is 30.3 Å². The maximum atomic E-state index is 13.1. The van der Waals surface area contributed by atoms with E-state index in [4.69, 9.17) is 5.21 Å². The fourth-order valence-corrected chi connectivity index (χ4v) is 3.34. The second-order valence-corrected chi connectivity index (χ2v) is 7.48. The van der Waals surface area contributed by atoms with Crippen LogP contribution in [0.2, 0.25) is 0 Å². The predicted octanol–water partition coefficient (Wildman–Crippen LogP) is 2.45. The first kappa shape index (κ1) is 21.7. The molecular formula is C20H30N4O4. The summed E-state index contributed by atoms with van der Waals surface area (Å²) in [5, 5.41) is 11.7. The van der Waals surface area contributed by atoms with Gasteiger partial charge in [-0.1, -0.05) is 32.0 Å². The molecule has 0 unspecified atom stereocenters. The van der Waals surface area contributed by atoms with Crippen molar-refractivity contribution in [3.05, 3.63) is 30.3 Å². The summed E-state index contributed by atoms with van der Waals surface area (Å²) < 4.78 is 0. The highest BCUT2D eigenvalue weighted by Gasteiger charge is 2.36. The molecule has 3 N–H and O–H groups in total. The quantitative estimate of drug-likeness (QED) is 0.469. The third-order valence-corrected chi connectivity index (χ3v) is 4.78. The molecule has 8 heteroatoms. The number of rotatable bonds is 8. The van der Waals surface area contributed by atoms with Crippen molar-refractivity contribution in [3.8, 4) is 0 Å². The Balaban J connectivity index is 2.05. The van der Waals surface area contributed by atoms with Crippen molar-refractivity contribution in [1.29, 1.82) is 0 Å². The number of carbonyl (C=O) groups excluding carboxylic acids is 3. The van der Waals surface area contributed by atoms with Crippen LogP contribution in [-0.2, 0) is 9.59 Å². The molecule has 1 aliphatic heterocycles. The Morgan fingerprint density at radius 3 is 2.61 bits per heavy atom. The molecule has 4 amide bonds. The molecule has 1 aromatic rings. The third kappa shape index (κ3) is 6.23. The number of hydrogen-bond donors (Lipinski definition) is 3. The van der Waals surface area contributed by atoms with Gasteiger partial charge < -0.3 is 15.1 Å². The minimum atomic E-state index is -0.651. The molecule has 0 saturated carbocycles. The van der Waals surface area contributed by atoms with E-state index >= 15 is 0 Å². The van der Waals surface area contributed by atoms with Crippen molar-refractivity contribution in [2.75, 3.05) is 25.0 Å². The molecule has 0 spiro atoms. The summed E-state index contributed by atoms with van der Waals surface area (Å²) in [6.07, 6.45) is 2.97. The average Bonchev–Trinajstić information content (AvgIpc) is 3.17. The fraction of sp³-hybridized carbons (Fsp3) is 0.550. The van der Waals surface area contributed by atoms with Crippen molar-refractivity contribution in [3.63, 3.8) is 0 Å². The minimum absolute atomic E-state index is 0.231. The van der Waals surface area contributed by atoms with Crippen LogP contribution in [0, 0.1) is 5.92 Å². The van der Waals surface area contributed by atoms with Crippen LogP contribution in [0.25, 0.3) is 0 Å². The molecular weight excluding hydrogens is 360 g/mol. The van der Waals surface area contributed by atoms with Crippen LogP contribution >= 0.6 is 0 Å². The Morgan fingerprint density at radius 1 is 1.25 bits per heavy atom. The van der Waals surface area contributed by atoms with E-state index in [2.05, 4.69) is 19.2 Å². The molecule has 0 bridgehead atoms. The second-order valence-electron chi connectivity index (χ2n) is 7.48. The Kier molecular flexibility index (Phi) is 8.25. The molecule has 1 aliphatic rings. The van der Waals surface area contributed by atoms with E-state index in [-0.39, 0.29) is 18.5 Å². The number of hydroxylamine groups is 1. The van der Waals surface area contributed by atoms with Crippen LogP contribution in [0.1, 0.15) is 39.5 Å². The molecule has 1 atom stereocenters.